The molecule has 2 N–H and O–H groups in total. The molecule has 6 nitrogen and oxygen atoms in total. The van der Waals surface area contributed by atoms with Crippen molar-refractivity contribution in [2.24, 2.45) is 5.92 Å². The molecule has 0 bridgehead atoms. The zero-order valence-corrected chi connectivity index (χ0v) is 14.7. The van der Waals surface area contributed by atoms with Crippen molar-refractivity contribution in [3.63, 3.8) is 0 Å². The summed E-state index contributed by atoms with van der Waals surface area (Å²) in [5, 5.41) is 16.4. The van der Waals surface area contributed by atoms with Gasteiger partial charge < -0.3 is 10.4 Å². The summed E-state index contributed by atoms with van der Waals surface area (Å²) in [6, 6.07) is 6.04. The zero-order chi connectivity index (χ0) is 18.1. The Bertz CT molecular complexity index is 825. The second-order valence-corrected chi connectivity index (χ2v) is 6.86. The van der Waals surface area contributed by atoms with E-state index in [-0.39, 0.29) is 17.9 Å². The van der Waals surface area contributed by atoms with Crippen LogP contribution in [0.25, 0.3) is 5.69 Å². The van der Waals surface area contributed by atoms with Crippen molar-refractivity contribution in [2.75, 3.05) is 0 Å². The molecule has 0 spiro atoms. The molecular weight excluding hydrogens is 318 g/mol. The average molecular weight is 341 g/mol. The highest BCUT2D eigenvalue weighted by Gasteiger charge is 2.31. The van der Waals surface area contributed by atoms with E-state index in [4.69, 9.17) is 5.11 Å². The van der Waals surface area contributed by atoms with Gasteiger partial charge >= 0.3 is 5.97 Å². The molecule has 1 aromatic carbocycles. The van der Waals surface area contributed by atoms with Gasteiger partial charge in [0, 0.05) is 6.04 Å². The Labute approximate surface area is 146 Å². The van der Waals surface area contributed by atoms with Gasteiger partial charge in [-0.15, -0.1) is 0 Å². The van der Waals surface area contributed by atoms with E-state index in [2.05, 4.69) is 10.4 Å². The van der Waals surface area contributed by atoms with E-state index in [1.807, 2.05) is 39.0 Å². The summed E-state index contributed by atoms with van der Waals surface area (Å²) in [4.78, 5) is 23.6. The number of aromatic nitrogens is 2. The van der Waals surface area contributed by atoms with Gasteiger partial charge in [0.25, 0.3) is 5.91 Å². The third-order valence-electron chi connectivity index (χ3n) is 4.96. The van der Waals surface area contributed by atoms with E-state index in [1.165, 1.54) is 0 Å². The Balaban J connectivity index is 1.78. The Morgan fingerprint density at radius 1 is 1.24 bits per heavy atom. The summed E-state index contributed by atoms with van der Waals surface area (Å²) >= 11 is 0. The summed E-state index contributed by atoms with van der Waals surface area (Å²) in [5.74, 6) is -1.33. The number of carboxylic acid groups (broad SMARTS) is 1. The Morgan fingerprint density at radius 2 is 2.00 bits per heavy atom. The van der Waals surface area contributed by atoms with Crippen LogP contribution in [0.3, 0.4) is 0 Å². The van der Waals surface area contributed by atoms with E-state index >= 15 is 0 Å². The van der Waals surface area contributed by atoms with Gasteiger partial charge in [-0.1, -0.05) is 12.1 Å². The molecule has 2 atom stereocenters. The minimum atomic E-state index is -0.782. The van der Waals surface area contributed by atoms with Gasteiger partial charge in [0.15, 0.2) is 0 Å². The Kier molecular flexibility index (Phi) is 4.61. The van der Waals surface area contributed by atoms with E-state index < -0.39 is 5.97 Å². The number of carboxylic acids is 1. The van der Waals surface area contributed by atoms with E-state index in [1.54, 1.807) is 10.9 Å². The first-order valence-corrected chi connectivity index (χ1v) is 8.52. The maximum absolute atomic E-state index is 12.6. The summed E-state index contributed by atoms with van der Waals surface area (Å²) in [7, 11) is 0. The van der Waals surface area contributed by atoms with Crippen LogP contribution in [0.15, 0.2) is 24.4 Å². The predicted octanol–water partition coefficient (Wildman–Crippen LogP) is 2.78. The molecule has 1 aliphatic carbocycles. The molecule has 132 valence electrons. The normalized spacial score (nSPS) is 19.8. The standard InChI is InChI=1S/C19H23N3O3/c1-11-4-5-12(2)17(8-11)22-13(3)16(10-20-22)18(23)21-15-7-6-14(9-15)19(24)25/h4-5,8,10,14-15H,6-7,9H2,1-3H3,(H,21,23)(H,24,25)/t14-,15+/m1/s1. The molecule has 0 saturated heterocycles. The highest BCUT2D eigenvalue weighted by atomic mass is 16.4. The van der Waals surface area contributed by atoms with Crippen LogP contribution in [-0.4, -0.2) is 32.8 Å². The molecule has 2 aromatic rings. The molecule has 0 radical (unpaired) electrons. The average Bonchev–Trinajstić information content (AvgIpc) is 3.16. The fourth-order valence-corrected chi connectivity index (χ4v) is 3.42. The Morgan fingerprint density at radius 3 is 2.68 bits per heavy atom. The number of aliphatic carboxylic acids is 1. The maximum atomic E-state index is 12.6. The lowest BCUT2D eigenvalue weighted by Crippen LogP contribution is -2.33. The summed E-state index contributed by atoms with van der Waals surface area (Å²) < 4.78 is 1.78. The van der Waals surface area contributed by atoms with Crippen LogP contribution in [0.2, 0.25) is 0 Å². The van der Waals surface area contributed by atoms with Crippen LogP contribution in [-0.2, 0) is 4.79 Å². The number of carbonyl (C=O) groups excluding carboxylic acids is 1. The van der Waals surface area contributed by atoms with Crippen LogP contribution in [0, 0.1) is 26.7 Å². The first kappa shape index (κ1) is 17.2. The second-order valence-electron chi connectivity index (χ2n) is 6.86. The number of aryl methyl sites for hydroxylation is 2. The number of amides is 1. The minimum Gasteiger partial charge on any atom is -0.481 e. The topological polar surface area (TPSA) is 84.2 Å². The monoisotopic (exact) mass is 341 g/mol. The molecule has 3 rings (SSSR count). The molecule has 1 fully saturated rings. The second kappa shape index (κ2) is 6.70. The van der Waals surface area contributed by atoms with Crippen molar-refractivity contribution in [1.29, 1.82) is 0 Å². The van der Waals surface area contributed by atoms with Crippen molar-refractivity contribution in [2.45, 2.75) is 46.1 Å². The third kappa shape index (κ3) is 3.43. The van der Waals surface area contributed by atoms with Gasteiger partial charge in [0.05, 0.1) is 29.1 Å². The molecule has 1 aliphatic rings. The Hall–Kier alpha value is -2.63. The van der Waals surface area contributed by atoms with E-state index in [0.717, 1.165) is 22.5 Å². The number of nitrogens with zero attached hydrogens (tertiary/aromatic N) is 2. The van der Waals surface area contributed by atoms with Gasteiger partial charge in [-0.3, -0.25) is 9.59 Å². The molecule has 0 unspecified atom stereocenters. The fraction of sp³-hybridized carbons (Fsp3) is 0.421. The SMILES string of the molecule is Cc1ccc(C)c(-n2ncc(C(=O)N[C@H]3CC[C@@H](C(=O)O)C3)c2C)c1. The minimum absolute atomic E-state index is 0.0861. The molecule has 1 heterocycles. The van der Waals surface area contributed by atoms with E-state index in [0.29, 0.717) is 24.8 Å². The number of carbonyl (C=O) groups is 2. The van der Waals surface area contributed by atoms with Crippen LogP contribution >= 0.6 is 0 Å². The van der Waals surface area contributed by atoms with Gasteiger partial charge in [0.1, 0.15) is 0 Å². The van der Waals surface area contributed by atoms with Gasteiger partial charge in [-0.2, -0.15) is 5.10 Å². The van der Waals surface area contributed by atoms with Crippen molar-refractivity contribution in [1.82, 2.24) is 15.1 Å². The molecule has 6 heteroatoms. The molecule has 25 heavy (non-hydrogen) atoms. The van der Waals surface area contributed by atoms with Crippen LogP contribution in [0.1, 0.15) is 46.4 Å². The predicted molar refractivity (Wildman–Crippen MR) is 94.0 cm³/mol. The van der Waals surface area contributed by atoms with Crippen LogP contribution in [0.4, 0.5) is 0 Å². The first-order chi connectivity index (χ1) is 11.9. The largest absolute Gasteiger partial charge is 0.481 e. The number of hydrogen-bond acceptors (Lipinski definition) is 3. The lowest BCUT2D eigenvalue weighted by molar-refractivity contribution is -0.141. The van der Waals surface area contributed by atoms with E-state index in [9.17, 15) is 9.59 Å². The molecule has 0 aliphatic heterocycles. The lowest BCUT2D eigenvalue weighted by atomic mass is 10.1. The van der Waals surface area contributed by atoms with Crippen molar-refractivity contribution in [3.8, 4) is 5.69 Å². The highest BCUT2D eigenvalue weighted by molar-refractivity contribution is 5.95. The zero-order valence-electron chi connectivity index (χ0n) is 14.7. The summed E-state index contributed by atoms with van der Waals surface area (Å²) in [6.07, 6.45) is 3.38. The number of hydrogen-bond donors (Lipinski definition) is 2. The molecule has 1 aromatic heterocycles. The van der Waals surface area contributed by atoms with Crippen molar-refractivity contribution < 1.29 is 14.7 Å². The number of benzene rings is 1. The fourth-order valence-electron chi connectivity index (χ4n) is 3.42. The smallest absolute Gasteiger partial charge is 0.306 e. The molecule has 1 amide bonds. The van der Waals surface area contributed by atoms with Crippen molar-refractivity contribution in [3.05, 3.63) is 46.8 Å². The number of rotatable bonds is 4. The maximum Gasteiger partial charge on any atom is 0.306 e. The highest BCUT2D eigenvalue weighted by Crippen LogP contribution is 2.26. The van der Waals surface area contributed by atoms with Gasteiger partial charge in [0.2, 0.25) is 0 Å². The van der Waals surface area contributed by atoms with Crippen LogP contribution < -0.4 is 5.32 Å². The first-order valence-electron chi connectivity index (χ1n) is 8.52. The van der Waals surface area contributed by atoms with Gasteiger partial charge in [-0.05, 0) is 57.2 Å². The molecule has 1 saturated carbocycles. The van der Waals surface area contributed by atoms with Crippen LogP contribution in [0.5, 0.6) is 0 Å². The summed E-state index contributed by atoms with van der Waals surface area (Å²) in [6.45, 7) is 5.91. The number of nitrogens with one attached hydrogen (secondary N) is 1. The van der Waals surface area contributed by atoms with Crippen molar-refractivity contribution >= 4 is 11.9 Å². The third-order valence-corrected chi connectivity index (χ3v) is 4.96. The molecular formula is C19H23N3O3. The van der Waals surface area contributed by atoms with Gasteiger partial charge in [-0.25, -0.2) is 4.68 Å². The summed E-state index contributed by atoms with van der Waals surface area (Å²) in [5.41, 5.74) is 4.48. The quantitative estimate of drug-likeness (QED) is 0.895. The lowest BCUT2D eigenvalue weighted by Gasteiger charge is -2.13.